The maximum Gasteiger partial charge on any atom is 0.338 e. The van der Waals surface area contributed by atoms with Gasteiger partial charge in [0.05, 0.1) is 12.2 Å². The summed E-state index contributed by atoms with van der Waals surface area (Å²) in [6.45, 7) is 3.86. The smallest absolute Gasteiger partial charge is 0.338 e. The van der Waals surface area contributed by atoms with Gasteiger partial charge in [-0.3, -0.25) is 4.99 Å². The molecule has 0 radical (unpaired) electrons. The maximum atomic E-state index is 13.3. The Morgan fingerprint density at radius 3 is 2.48 bits per heavy atom. The molecule has 1 unspecified atom stereocenters. The van der Waals surface area contributed by atoms with Crippen LogP contribution < -0.4 is 5.32 Å². The van der Waals surface area contributed by atoms with E-state index in [9.17, 15) is 9.18 Å². The fraction of sp³-hybridized carbons (Fsp3) is 0.200. The second kappa shape index (κ2) is 7.30. The van der Waals surface area contributed by atoms with E-state index in [0.29, 0.717) is 17.1 Å². The maximum absolute atomic E-state index is 13.3. The van der Waals surface area contributed by atoms with Gasteiger partial charge in [-0.25, -0.2) is 9.18 Å². The predicted octanol–water partition coefficient (Wildman–Crippen LogP) is 3.75. The molecule has 0 aliphatic carbocycles. The second-order valence-electron chi connectivity index (χ2n) is 5.68. The Kier molecular flexibility index (Phi) is 4.93. The van der Waals surface area contributed by atoms with Gasteiger partial charge in [-0.15, -0.1) is 0 Å². The Balaban J connectivity index is 2.07. The topological polar surface area (TPSA) is 50.7 Å². The average molecular weight is 338 g/mol. The van der Waals surface area contributed by atoms with Gasteiger partial charge in [0.15, 0.2) is 0 Å². The van der Waals surface area contributed by atoms with Gasteiger partial charge in [0.25, 0.3) is 0 Å². The zero-order chi connectivity index (χ0) is 17.8. The van der Waals surface area contributed by atoms with Gasteiger partial charge in [-0.05, 0) is 31.5 Å². The molecule has 0 amide bonds. The number of rotatable bonds is 4. The lowest BCUT2D eigenvalue weighted by Gasteiger charge is -2.26. The minimum atomic E-state index is -0.545. The van der Waals surface area contributed by atoms with Crippen LogP contribution in [0.5, 0.6) is 0 Å². The molecule has 1 heterocycles. The molecule has 2 aromatic carbocycles. The third-order valence-electron chi connectivity index (χ3n) is 3.97. The highest BCUT2D eigenvalue weighted by Crippen LogP contribution is 2.32. The Bertz CT molecular complexity index is 827. The lowest BCUT2D eigenvalue weighted by Crippen LogP contribution is -2.32. The molecular formula is C20H19FN2O2. The first kappa shape index (κ1) is 16.9. The summed E-state index contributed by atoms with van der Waals surface area (Å²) in [6.07, 6.45) is 0. The van der Waals surface area contributed by atoms with Crippen LogP contribution in [0.3, 0.4) is 0 Å². The van der Waals surface area contributed by atoms with Crippen LogP contribution in [0.15, 0.2) is 70.9 Å². The van der Waals surface area contributed by atoms with Gasteiger partial charge in [-0.1, -0.05) is 42.5 Å². The number of amidine groups is 1. The van der Waals surface area contributed by atoms with Crippen LogP contribution in [-0.4, -0.2) is 18.4 Å². The number of halogens is 1. The summed E-state index contributed by atoms with van der Waals surface area (Å²) in [5, 5.41) is 3.19. The molecule has 0 fully saturated rings. The van der Waals surface area contributed by atoms with Crippen LogP contribution in [-0.2, 0) is 9.53 Å². The van der Waals surface area contributed by atoms with Gasteiger partial charge in [-0.2, -0.15) is 0 Å². The number of esters is 1. The SMILES string of the molecule is CCOC(=O)C1=C(C)NC(c2ccccc2)=NC1c1ccc(F)cc1. The van der Waals surface area contributed by atoms with Crippen LogP contribution in [0.2, 0.25) is 0 Å². The fourth-order valence-electron chi connectivity index (χ4n) is 2.78. The van der Waals surface area contributed by atoms with Gasteiger partial charge < -0.3 is 10.1 Å². The highest BCUT2D eigenvalue weighted by molar-refractivity contribution is 6.03. The van der Waals surface area contributed by atoms with E-state index in [2.05, 4.69) is 5.32 Å². The molecule has 128 valence electrons. The summed E-state index contributed by atoms with van der Waals surface area (Å²) in [5.41, 5.74) is 2.77. The number of aliphatic imine (C=N–C) groups is 1. The molecule has 5 heteroatoms. The van der Waals surface area contributed by atoms with Crippen molar-refractivity contribution in [2.24, 2.45) is 4.99 Å². The van der Waals surface area contributed by atoms with Crippen molar-refractivity contribution in [3.8, 4) is 0 Å². The fourth-order valence-corrected chi connectivity index (χ4v) is 2.78. The first-order valence-electron chi connectivity index (χ1n) is 8.13. The molecule has 2 aromatic rings. The molecule has 1 aliphatic heterocycles. The van der Waals surface area contributed by atoms with Crippen LogP contribution in [0.25, 0.3) is 0 Å². The lowest BCUT2D eigenvalue weighted by atomic mass is 9.95. The average Bonchev–Trinajstić information content (AvgIpc) is 2.62. The third-order valence-corrected chi connectivity index (χ3v) is 3.97. The van der Waals surface area contributed by atoms with Crippen molar-refractivity contribution in [2.45, 2.75) is 19.9 Å². The van der Waals surface area contributed by atoms with Gasteiger partial charge >= 0.3 is 5.97 Å². The largest absolute Gasteiger partial charge is 0.463 e. The Morgan fingerprint density at radius 1 is 1.16 bits per heavy atom. The summed E-state index contributed by atoms with van der Waals surface area (Å²) in [6, 6.07) is 15.1. The first-order chi connectivity index (χ1) is 12.1. The highest BCUT2D eigenvalue weighted by atomic mass is 19.1. The molecule has 3 rings (SSSR count). The molecule has 1 N–H and O–H groups in total. The number of benzene rings is 2. The van der Waals surface area contributed by atoms with Gasteiger partial charge in [0.1, 0.15) is 17.7 Å². The Morgan fingerprint density at radius 2 is 1.84 bits per heavy atom. The number of hydrogen-bond donors (Lipinski definition) is 1. The summed E-state index contributed by atoms with van der Waals surface area (Å²) >= 11 is 0. The van der Waals surface area contributed by atoms with Crippen LogP contribution in [0.4, 0.5) is 4.39 Å². The number of hydrogen-bond acceptors (Lipinski definition) is 4. The number of allylic oxidation sites excluding steroid dienone is 1. The number of carbonyl (C=O) groups is 1. The number of ether oxygens (including phenoxy) is 1. The lowest BCUT2D eigenvalue weighted by molar-refractivity contribution is -0.138. The monoisotopic (exact) mass is 338 g/mol. The molecule has 1 atom stereocenters. The molecule has 25 heavy (non-hydrogen) atoms. The molecule has 0 spiro atoms. The second-order valence-corrected chi connectivity index (χ2v) is 5.68. The highest BCUT2D eigenvalue weighted by Gasteiger charge is 2.30. The van der Waals surface area contributed by atoms with Crippen molar-refractivity contribution in [2.75, 3.05) is 6.61 Å². The number of nitrogens with one attached hydrogen (secondary N) is 1. The van der Waals surface area contributed by atoms with Crippen molar-refractivity contribution in [1.82, 2.24) is 5.32 Å². The van der Waals surface area contributed by atoms with E-state index in [1.54, 1.807) is 19.1 Å². The summed E-state index contributed by atoms with van der Waals surface area (Å²) < 4.78 is 18.5. The molecule has 1 aliphatic rings. The third kappa shape index (κ3) is 3.60. The summed E-state index contributed by atoms with van der Waals surface area (Å²) in [7, 11) is 0. The molecule has 0 aromatic heterocycles. The van der Waals surface area contributed by atoms with E-state index in [1.807, 2.05) is 37.3 Å². The normalized spacial score (nSPS) is 16.9. The zero-order valence-electron chi connectivity index (χ0n) is 14.1. The van der Waals surface area contributed by atoms with Crippen molar-refractivity contribution >= 4 is 11.8 Å². The molecular weight excluding hydrogens is 319 g/mol. The quantitative estimate of drug-likeness (QED) is 0.864. The standard InChI is InChI=1S/C20H19FN2O2/c1-3-25-20(24)17-13(2)22-19(15-7-5-4-6-8-15)23-18(17)14-9-11-16(21)12-10-14/h4-12,18H,3H2,1-2H3,(H,22,23). The van der Waals surface area contributed by atoms with E-state index >= 15 is 0 Å². The van der Waals surface area contributed by atoms with Gasteiger partial charge in [0, 0.05) is 11.3 Å². The van der Waals surface area contributed by atoms with Gasteiger partial charge in [0.2, 0.25) is 0 Å². The number of nitrogens with zero attached hydrogens (tertiary/aromatic N) is 1. The van der Waals surface area contributed by atoms with E-state index < -0.39 is 12.0 Å². The van der Waals surface area contributed by atoms with E-state index in [1.165, 1.54) is 12.1 Å². The minimum Gasteiger partial charge on any atom is -0.463 e. The predicted molar refractivity (Wildman–Crippen MR) is 94.6 cm³/mol. The summed E-state index contributed by atoms with van der Waals surface area (Å²) in [5.74, 6) is -0.0820. The van der Waals surface area contributed by atoms with Crippen molar-refractivity contribution in [3.63, 3.8) is 0 Å². The van der Waals surface area contributed by atoms with Crippen molar-refractivity contribution in [1.29, 1.82) is 0 Å². The molecule has 0 saturated carbocycles. The van der Waals surface area contributed by atoms with Crippen LogP contribution in [0, 0.1) is 5.82 Å². The van der Waals surface area contributed by atoms with E-state index in [4.69, 9.17) is 9.73 Å². The van der Waals surface area contributed by atoms with Crippen molar-refractivity contribution < 1.29 is 13.9 Å². The van der Waals surface area contributed by atoms with E-state index in [0.717, 1.165) is 11.1 Å². The molecule has 4 nitrogen and oxygen atoms in total. The Labute approximate surface area is 146 Å². The zero-order valence-corrected chi connectivity index (χ0v) is 14.1. The first-order valence-corrected chi connectivity index (χ1v) is 8.13. The van der Waals surface area contributed by atoms with Crippen LogP contribution >= 0.6 is 0 Å². The summed E-state index contributed by atoms with van der Waals surface area (Å²) in [4.78, 5) is 17.2. The molecule has 0 bridgehead atoms. The minimum absolute atomic E-state index is 0.279. The van der Waals surface area contributed by atoms with Crippen molar-refractivity contribution in [3.05, 3.63) is 82.8 Å². The Hall–Kier alpha value is -2.95. The van der Waals surface area contributed by atoms with E-state index in [-0.39, 0.29) is 12.4 Å². The molecule has 0 saturated heterocycles. The van der Waals surface area contributed by atoms with Crippen LogP contribution in [0.1, 0.15) is 31.0 Å². The number of carbonyl (C=O) groups excluding carboxylic acids is 1.